The van der Waals surface area contributed by atoms with E-state index >= 15 is 0 Å². The Morgan fingerprint density at radius 2 is 1.95 bits per heavy atom. The highest BCUT2D eigenvalue weighted by Gasteiger charge is 2.38. The fraction of sp³-hybridized carbons (Fsp3) is 0.529. The van der Waals surface area contributed by atoms with Crippen LogP contribution in [0.5, 0.6) is 0 Å². The Labute approximate surface area is 136 Å². The molecule has 2 aliphatic heterocycles. The quantitative estimate of drug-likeness (QED) is 0.840. The minimum absolute atomic E-state index is 0.0188. The molecule has 1 aromatic carbocycles. The van der Waals surface area contributed by atoms with Crippen molar-refractivity contribution >= 4 is 29.1 Å². The van der Waals surface area contributed by atoms with Gasteiger partial charge in [0.1, 0.15) is 0 Å². The van der Waals surface area contributed by atoms with E-state index in [-0.39, 0.29) is 17.7 Å². The smallest absolute Gasteiger partial charge is 0.228 e. The molecule has 2 heterocycles. The van der Waals surface area contributed by atoms with Gasteiger partial charge < -0.3 is 9.80 Å². The Balaban J connectivity index is 1.71. The fourth-order valence-corrected chi connectivity index (χ4v) is 3.53. The summed E-state index contributed by atoms with van der Waals surface area (Å²) in [6, 6.07) is 7.49. The standard InChI is InChI=1S/C17H21ClN2O2/c1-12-4-2-3-9-19(12)17(22)13-10-16(21)20(11-13)15-7-5-14(18)6-8-15/h5-8,12-13H,2-4,9-11H2,1H3/t12-,13-/m1/s1. The first-order chi connectivity index (χ1) is 10.6. The third-order valence-corrected chi connectivity index (χ3v) is 4.95. The number of amides is 2. The molecular weight excluding hydrogens is 300 g/mol. The molecule has 2 atom stereocenters. The van der Waals surface area contributed by atoms with E-state index < -0.39 is 0 Å². The fourth-order valence-electron chi connectivity index (χ4n) is 3.40. The molecule has 0 unspecified atom stereocenters. The third-order valence-electron chi connectivity index (χ3n) is 4.70. The molecule has 2 amide bonds. The Bertz CT molecular complexity index is 573. The number of carbonyl (C=O) groups is 2. The molecule has 0 N–H and O–H groups in total. The van der Waals surface area contributed by atoms with Crippen LogP contribution in [0.15, 0.2) is 24.3 Å². The van der Waals surface area contributed by atoms with Crippen molar-refractivity contribution in [2.45, 2.75) is 38.6 Å². The van der Waals surface area contributed by atoms with Crippen LogP contribution in [0.25, 0.3) is 0 Å². The van der Waals surface area contributed by atoms with Gasteiger partial charge in [0.05, 0.1) is 5.92 Å². The van der Waals surface area contributed by atoms with Crippen LogP contribution < -0.4 is 4.90 Å². The number of hydrogen-bond donors (Lipinski definition) is 0. The predicted octanol–water partition coefficient (Wildman–Crippen LogP) is 3.09. The van der Waals surface area contributed by atoms with Crippen molar-refractivity contribution in [2.24, 2.45) is 5.92 Å². The summed E-state index contributed by atoms with van der Waals surface area (Å²) in [5.41, 5.74) is 0.816. The SMILES string of the molecule is C[C@@H]1CCCCN1C(=O)[C@@H]1CC(=O)N(c2ccc(Cl)cc2)C1. The highest BCUT2D eigenvalue weighted by molar-refractivity contribution is 6.30. The Kier molecular flexibility index (Phi) is 4.39. The van der Waals surface area contributed by atoms with Gasteiger partial charge in [-0.15, -0.1) is 0 Å². The van der Waals surface area contributed by atoms with Crippen LogP contribution in [0.4, 0.5) is 5.69 Å². The summed E-state index contributed by atoms with van der Waals surface area (Å²) >= 11 is 5.89. The van der Waals surface area contributed by atoms with Gasteiger partial charge in [0, 0.05) is 36.3 Å². The number of piperidine rings is 1. The molecule has 0 bridgehead atoms. The molecule has 5 heteroatoms. The van der Waals surface area contributed by atoms with Crippen molar-refractivity contribution in [3.63, 3.8) is 0 Å². The summed E-state index contributed by atoms with van der Waals surface area (Å²) in [4.78, 5) is 28.6. The number of benzene rings is 1. The summed E-state index contributed by atoms with van der Waals surface area (Å²) in [5.74, 6) is -0.0638. The number of likely N-dealkylation sites (tertiary alicyclic amines) is 1. The van der Waals surface area contributed by atoms with Crippen LogP contribution in [0, 0.1) is 5.92 Å². The summed E-state index contributed by atoms with van der Waals surface area (Å²) in [5, 5.41) is 0.644. The van der Waals surface area contributed by atoms with Gasteiger partial charge in [0.15, 0.2) is 0 Å². The number of halogens is 1. The van der Waals surface area contributed by atoms with E-state index in [0.29, 0.717) is 24.0 Å². The van der Waals surface area contributed by atoms with Crippen LogP contribution in [0.3, 0.4) is 0 Å². The number of nitrogens with zero attached hydrogens (tertiary/aromatic N) is 2. The van der Waals surface area contributed by atoms with E-state index in [0.717, 1.165) is 25.1 Å². The van der Waals surface area contributed by atoms with Gasteiger partial charge in [-0.2, -0.15) is 0 Å². The first-order valence-corrected chi connectivity index (χ1v) is 8.30. The number of rotatable bonds is 2. The summed E-state index contributed by atoms with van der Waals surface area (Å²) in [6.45, 7) is 3.40. The number of hydrogen-bond acceptors (Lipinski definition) is 2. The first-order valence-electron chi connectivity index (χ1n) is 7.92. The molecule has 0 aliphatic carbocycles. The topological polar surface area (TPSA) is 40.6 Å². The molecule has 3 rings (SSSR count). The molecule has 0 saturated carbocycles. The molecule has 4 nitrogen and oxygen atoms in total. The average Bonchev–Trinajstić information content (AvgIpc) is 2.90. The van der Waals surface area contributed by atoms with Crippen LogP contribution in [0.1, 0.15) is 32.6 Å². The van der Waals surface area contributed by atoms with Gasteiger partial charge in [0.2, 0.25) is 11.8 Å². The Hall–Kier alpha value is -1.55. The van der Waals surface area contributed by atoms with E-state index in [9.17, 15) is 9.59 Å². The maximum Gasteiger partial charge on any atom is 0.228 e. The second-order valence-corrected chi connectivity index (χ2v) is 6.69. The number of carbonyl (C=O) groups excluding carboxylic acids is 2. The van der Waals surface area contributed by atoms with Crippen molar-refractivity contribution in [3.8, 4) is 0 Å². The first kappa shape index (κ1) is 15.3. The van der Waals surface area contributed by atoms with E-state index in [2.05, 4.69) is 6.92 Å². The van der Waals surface area contributed by atoms with Crippen LogP contribution >= 0.6 is 11.6 Å². The van der Waals surface area contributed by atoms with Crippen molar-refractivity contribution in [2.75, 3.05) is 18.0 Å². The number of anilines is 1. The molecule has 2 aliphatic rings. The highest BCUT2D eigenvalue weighted by atomic mass is 35.5. The Morgan fingerprint density at radius 1 is 1.23 bits per heavy atom. The van der Waals surface area contributed by atoms with Crippen LogP contribution in [0.2, 0.25) is 5.02 Å². The van der Waals surface area contributed by atoms with E-state index in [1.54, 1.807) is 17.0 Å². The zero-order chi connectivity index (χ0) is 15.7. The summed E-state index contributed by atoms with van der Waals surface area (Å²) in [7, 11) is 0. The minimum atomic E-state index is -0.219. The van der Waals surface area contributed by atoms with Gasteiger partial charge in [-0.1, -0.05) is 11.6 Å². The molecule has 1 aromatic rings. The lowest BCUT2D eigenvalue weighted by Gasteiger charge is -2.35. The van der Waals surface area contributed by atoms with E-state index in [1.165, 1.54) is 6.42 Å². The van der Waals surface area contributed by atoms with E-state index in [4.69, 9.17) is 11.6 Å². The van der Waals surface area contributed by atoms with Crippen molar-refractivity contribution in [1.29, 1.82) is 0 Å². The second-order valence-electron chi connectivity index (χ2n) is 6.26. The molecule has 0 spiro atoms. The summed E-state index contributed by atoms with van der Waals surface area (Å²) in [6.07, 6.45) is 3.63. The van der Waals surface area contributed by atoms with Gasteiger partial charge >= 0.3 is 0 Å². The maximum absolute atomic E-state index is 12.7. The zero-order valence-electron chi connectivity index (χ0n) is 12.8. The largest absolute Gasteiger partial charge is 0.340 e. The lowest BCUT2D eigenvalue weighted by molar-refractivity contribution is -0.139. The molecule has 2 fully saturated rings. The van der Waals surface area contributed by atoms with Gasteiger partial charge in [0.25, 0.3) is 0 Å². The Morgan fingerprint density at radius 3 is 2.64 bits per heavy atom. The van der Waals surface area contributed by atoms with Gasteiger partial charge in [-0.05, 0) is 50.5 Å². The second kappa shape index (κ2) is 6.29. The molecule has 0 aromatic heterocycles. The monoisotopic (exact) mass is 320 g/mol. The highest BCUT2D eigenvalue weighted by Crippen LogP contribution is 2.29. The zero-order valence-corrected chi connectivity index (χ0v) is 13.6. The summed E-state index contributed by atoms with van der Waals surface area (Å²) < 4.78 is 0. The lowest BCUT2D eigenvalue weighted by atomic mass is 9.99. The molecule has 118 valence electrons. The molecule has 22 heavy (non-hydrogen) atoms. The minimum Gasteiger partial charge on any atom is -0.340 e. The lowest BCUT2D eigenvalue weighted by Crippen LogP contribution is -2.45. The van der Waals surface area contributed by atoms with Crippen LogP contribution in [-0.4, -0.2) is 35.8 Å². The van der Waals surface area contributed by atoms with Crippen molar-refractivity contribution < 1.29 is 9.59 Å². The average molecular weight is 321 g/mol. The van der Waals surface area contributed by atoms with Gasteiger partial charge in [-0.25, -0.2) is 0 Å². The predicted molar refractivity (Wildman–Crippen MR) is 86.9 cm³/mol. The molecular formula is C17H21ClN2O2. The third kappa shape index (κ3) is 2.98. The molecule has 2 saturated heterocycles. The maximum atomic E-state index is 12.7. The van der Waals surface area contributed by atoms with Crippen molar-refractivity contribution in [1.82, 2.24) is 4.90 Å². The van der Waals surface area contributed by atoms with Gasteiger partial charge in [-0.3, -0.25) is 9.59 Å². The van der Waals surface area contributed by atoms with Crippen molar-refractivity contribution in [3.05, 3.63) is 29.3 Å². The normalized spacial score (nSPS) is 25.6. The molecule has 0 radical (unpaired) electrons. The van der Waals surface area contributed by atoms with E-state index in [1.807, 2.05) is 17.0 Å². The van der Waals surface area contributed by atoms with Crippen LogP contribution in [-0.2, 0) is 9.59 Å².